The molecule has 2 heterocycles. The number of aromatic nitrogens is 1. The molecular weight excluding hydrogens is 470 g/mol. The van der Waals surface area contributed by atoms with E-state index in [9.17, 15) is 9.59 Å². The fourth-order valence-corrected chi connectivity index (χ4v) is 5.29. The zero-order chi connectivity index (χ0) is 24.4. The summed E-state index contributed by atoms with van der Waals surface area (Å²) in [5.41, 5.74) is 2.59. The molecule has 1 amide bonds. The molecule has 6 nitrogen and oxygen atoms in total. The molecule has 0 fully saturated rings. The molecule has 1 aliphatic rings. The molecule has 0 aliphatic carbocycles. The second-order valence-electron chi connectivity index (χ2n) is 7.89. The van der Waals surface area contributed by atoms with Gasteiger partial charge >= 0.3 is 0 Å². The van der Waals surface area contributed by atoms with E-state index < -0.39 is 6.04 Å². The predicted molar refractivity (Wildman–Crippen MR) is 136 cm³/mol. The van der Waals surface area contributed by atoms with Gasteiger partial charge in [0.1, 0.15) is 5.75 Å². The average molecular weight is 496 g/mol. The Hall–Kier alpha value is -3.16. The summed E-state index contributed by atoms with van der Waals surface area (Å²) in [6.07, 6.45) is 1.83. The van der Waals surface area contributed by atoms with Gasteiger partial charge in [-0.25, -0.2) is 4.99 Å². The molecule has 0 saturated carbocycles. The number of carbonyl (C=O) groups excluding carboxylic acids is 1. The van der Waals surface area contributed by atoms with Gasteiger partial charge in [-0.15, -0.1) is 0 Å². The Morgan fingerprint density at radius 2 is 1.91 bits per heavy atom. The van der Waals surface area contributed by atoms with Crippen molar-refractivity contribution in [3.8, 4) is 5.75 Å². The van der Waals surface area contributed by atoms with Crippen molar-refractivity contribution in [3.63, 3.8) is 0 Å². The molecule has 176 valence electrons. The first-order valence-electron chi connectivity index (χ1n) is 11.1. The second-order valence-corrected chi connectivity index (χ2v) is 9.33. The monoisotopic (exact) mass is 495 g/mol. The first kappa shape index (κ1) is 24.0. The van der Waals surface area contributed by atoms with Crippen molar-refractivity contribution < 1.29 is 9.53 Å². The minimum atomic E-state index is -0.589. The lowest BCUT2D eigenvalue weighted by molar-refractivity contribution is -0.127. The quantitative estimate of drug-likeness (QED) is 0.523. The van der Waals surface area contributed by atoms with Gasteiger partial charge in [-0.2, -0.15) is 0 Å². The minimum Gasteiger partial charge on any atom is -0.497 e. The number of benzene rings is 2. The fraction of sp³-hybridized carbons (Fsp3) is 0.269. The number of fused-ring (bicyclic) bond motifs is 1. The van der Waals surface area contributed by atoms with Crippen LogP contribution in [-0.2, 0) is 4.79 Å². The third-order valence-corrected chi connectivity index (χ3v) is 7.11. The van der Waals surface area contributed by atoms with Crippen LogP contribution in [0.15, 0.2) is 69.6 Å². The van der Waals surface area contributed by atoms with E-state index in [1.165, 1.54) is 11.3 Å². The van der Waals surface area contributed by atoms with Crippen LogP contribution in [0, 0.1) is 0 Å². The Kier molecular flexibility index (Phi) is 7.05. The summed E-state index contributed by atoms with van der Waals surface area (Å²) in [6.45, 7) is 6.86. The van der Waals surface area contributed by atoms with Crippen molar-refractivity contribution >= 4 is 34.9 Å². The summed E-state index contributed by atoms with van der Waals surface area (Å²) >= 11 is 7.45. The minimum absolute atomic E-state index is 0.117. The zero-order valence-electron chi connectivity index (χ0n) is 19.5. The van der Waals surface area contributed by atoms with Crippen LogP contribution in [0.5, 0.6) is 5.75 Å². The first-order valence-corrected chi connectivity index (χ1v) is 12.3. The molecule has 1 atom stereocenters. The molecule has 8 heteroatoms. The number of methoxy groups -OCH3 is 1. The normalized spacial score (nSPS) is 15.7. The number of carbonyl (C=O) groups is 1. The summed E-state index contributed by atoms with van der Waals surface area (Å²) in [6, 6.07) is 14.2. The van der Waals surface area contributed by atoms with Gasteiger partial charge in [-0.1, -0.05) is 47.2 Å². The van der Waals surface area contributed by atoms with Crippen molar-refractivity contribution in [2.24, 2.45) is 4.99 Å². The Morgan fingerprint density at radius 1 is 1.21 bits per heavy atom. The SMILES string of the molecule is CCN(CC)C(=O)C1=C(C)N=c2s/c(=C/c3cccc(OC)c3)c(=O)n2[C@H]1c1ccc(Cl)cc1. The smallest absolute Gasteiger partial charge is 0.271 e. The molecule has 0 N–H and O–H groups in total. The van der Waals surface area contributed by atoms with Crippen molar-refractivity contribution in [2.45, 2.75) is 26.8 Å². The number of nitrogens with zero attached hydrogens (tertiary/aromatic N) is 3. The van der Waals surface area contributed by atoms with Crippen molar-refractivity contribution in [1.29, 1.82) is 0 Å². The zero-order valence-corrected chi connectivity index (χ0v) is 21.1. The van der Waals surface area contributed by atoms with Crippen LogP contribution >= 0.6 is 22.9 Å². The number of ether oxygens (including phenoxy) is 1. The van der Waals surface area contributed by atoms with Gasteiger partial charge in [0.15, 0.2) is 4.80 Å². The summed E-state index contributed by atoms with van der Waals surface area (Å²) in [5, 5.41) is 0.589. The highest BCUT2D eigenvalue weighted by Gasteiger charge is 2.34. The number of hydrogen-bond acceptors (Lipinski definition) is 5. The Bertz CT molecular complexity index is 1430. The third-order valence-electron chi connectivity index (χ3n) is 5.88. The third kappa shape index (κ3) is 4.45. The van der Waals surface area contributed by atoms with E-state index in [-0.39, 0.29) is 11.5 Å². The number of halogens is 1. The Labute approximate surface area is 207 Å². The second kappa shape index (κ2) is 9.99. The van der Waals surface area contributed by atoms with Crippen LogP contribution < -0.4 is 19.6 Å². The highest BCUT2D eigenvalue weighted by molar-refractivity contribution is 7.07. The van der Waals surface area contributed by atoms with Gasteiger partial charge in [0.2, 0.25) is 0 Å². The molecule has 0 spiro atoms. The van der Waals surface area contributed by atoms with E-state index >= 15 is 0 Å². The summed E-state index contributed by atoms with van der Waals surface area (Å²) in [5.74, 6) is 0.594. The first-order chi connectivity index (χ1) is 16.4. The average Bonchev–Trinajstić information content (AvgIpc) is 3.13. The molecule has 3 aromatic rings. The summed E-state index contributed by atoms with van der Waals surface area (Å²) in [4.78, 5) is 34.3. The lowest BCUT2D eigenvalue weighted by Crippen LogP contribution is -2.43. The molecule has 34 heavy (non-hydrogen) atoms. The van der Waals surface area contributed by atoms with E-state index in [1.807, 2.05) is 63.2 Å². The van der Waals surface area contributed by atoms with Gasteiger partial charge in [-0.3, -0.25) is 14.2 Å². The van der Waals surface area contributed by atoms with Crippen LogP contribution in [0.2, 0.25) is 5.02 Å². The standard InChI is InChI=1S/C26H26ClN3O3S/c1-5-29(6-2)25(32)22-16(3)28-26-30(23(22)18-10-12-19(27)13-11-18)24(31)21(34-26)15-17-8-7-9-20(14-17)33-4/h7-15,23H,5-6H2,1-4H3/b21-15+/t23-/m0/s1. The molecule has 4 rings (SSSR count). The van der Waals surface area contributed by atoms with E-state index in [2.05, 4.69) is 0 Å². The van der Waals surface area contributed by atoms with Crippen LogP contribution in [0.25, 0.3) is 6.08 Å². The Balaban J connectivity index is 1.95. The van der Waals surface area contributed by atoms with Gasteiger partial charge in [-0.05, 0) is 62.2 Å². The number of hydrogen-bond donors (Lipinski definition) is 0. The van der Waals surface area contributed by atoms with Gasteiger partial charge in [0.05, 0.1) is 29.0 Å². The number of allylic oxidation sites excluding steroid dienone is 1. The topological polar surface area (TPSA) is 63.9 Å². The fourth-order valence-electron chi connectivity index (χ4n) is 4.12. The molecule has 1 aliphatic heterocycles. The maximum Gasteiger partial charge on any atom is 0.271 e. The highest BCUT2D eigenvalue weighted by Crippen LogP contribution is 2.31. The van der Waals surface area contributed by atoms with Gasteiger partial charge < -0.3 is 9.64 Å². The highest BCUT2D eigenvalue weighted by atomic mass is 35.5. The number of likely N-dealkylation sites (N-methyl/N-ethyl adjacent to an activating group) is 1. The molecule has 0 unspecified atom stereocenters. The van der Waals surface area contributed by atoms with Crippen LogP contribution in [0.3, 0.4) is 0 Å². The predicted octanol–water partition coefficient (Wildman–Crippen LogP) is 3.77. The van der Waals surface area contributed by atoms with E-state index in [1.54, 1.807) is 28.7 Å². The molecule has 2 aromatic carbocycles. The van der Waals surface area contributed by atoms with Crippen LogP contribution in [0.4, 0.5) is 0 Å². The van der Waals surface area contributed by atoms with Crippen molar-refractivity contribution in [3.05, 3.63) is 95.6 Å². The summed E-state index contributed by atoms with van der Waals surface area (Å²) in [7, 11) is 1.61. The van der Waals surface area contributed by atoms with Crippen LogP contribution in [-0.4, -0.2) is 35.6 Å². The Morgan fingerprint density at radius 3 is 2.56 bits per heavy atom. The van der Waals surface area contributed by atoms with Gasteiger partial charge in [0.25, 0.3) is 11.5 Å². The summed E-state index contributed by atoms with van der Waals surface area (Å²) < 4.78 is 7.47. The lowest BCUT2D eigenvalue weighted by Gasteiger charge is -2.29. The molecular formula is C26H26ClN3O3S. The van der Waals surface area contributed by atoms with Crippen molar-refractivity contribution in [1.82, 2.24) is 9.47 Å². The molecule has 1 aromatic heterocycles. The lowest BCUT2D eigenvalue weighted by atomic mass is 9.94. The maximum atomic E-state index is 13.7. The molecule has 0 bridgehead atoms. The number of rotatable bonds is 6. The van der Waals surface area contributed by atoms with Crippen molar-refractivity contribution in [2.75, 3.05) is 20.2 Å². The van der Waals surface area contributed by atoms with E-state index in [4.69, 9.17) is 21.3 Å². The van der Waals surface area contributed by atoms with Crippen LogP contribution in [0.1, 0.15) is 37.9 Å². The number of thiazole rings is 1. The van der Waals surface area contributed by atoms with E-state index in [0.717, 1.165) is 11.1 Å². The largest absolute Gasteiger partial charge is 0.497 e. The molecule has 0 saturated heterocycles. The van der Waals surface area contributed by atoms with Gasteiger partial charge in [0, 0.05) is 18.1 Å². The van der Waals surface area contributed by atoms with E-state index in [0.29, 0.717) is 44.5 Å². The number of amides is 1. The molecule has 0 radical (unpaired) electrons. The maximum absolute atomic E-state index is 13.7.